The number of aromatic nitrogens is 1. The van der Waals surface area contributed by atoms with E-state index in [4.69, 9.17) is 0 Å². The van der Waals surface area contributed by atoms with E-state index in [2.05, 4.69) is 5.32 Å². The van der Waals surface area contributed by atoms with E-state index < -0.39 is 0 Å². The van der Waals surface area contributed by atoms with E-state index in [1.54, 1.807) is 6.07 Å². The minimum absolute atomic E-state index is 0.112. The van der Waals surface area contributed by atoms with Crippen LogP contribution in [0.15, 0.2) is 30.5 Å². The molecule has 0 radical (unpaired) electrons. The molecule has 1 fully saturated rings. The van der Waals surface area contributed by atoms with Gasteiger partial charge in [-0.1, -0.05) is 0 Å². The highest BCUT2D eigenvalue weighted by Crippen LogP contribution is 2.17. The van der Waals surface area contributed by atoms with Crippen LogP contribution in [0.25, 0.3) is 10.9 Å². The number of carbonyl (C=O) groups is 1. The standard InChI is InChI=1S/C15H18FN3O/c1-11-9-17-5-7-19(11)15(20)10-18-6-4-12-8-13(16)2-3-14(12)18/h2-4,6,8,11,17H,5,7,9-10H2,1H3. The maximum absolute atomic E-state index is 13.2. The minimum atomic E-state index is -0.252. The van der Waals surface area contributed by atoms with Crippen molar-refractivity contribution in [3.63, 3.8) is 0 Å². The lowest BCUT2D eigenvalue weighted by molar-refractivity contribution is -0.134. The van der Waals surface area contributed by atoms with E-state index in [0.717, 1.165) is 30.5 Å². The SMILES string of the molecule is CC1CNCCN1C(=O)Cn1ccc2cc(F)ccc21. The number of benzene rings is 1. The van der Waals surface area contributed by atoms with Gasteiger partial charge in [0.05, 0.1) is 0 Å². The predicted octanol–water partition coefficient (Wildman–Crippen LogP) is 1.60. The number of hydrogen-bond acceptors (Lipinski definition) is 2. The largest absolute Gasteiger partial charge is 0.338 e. The van der Waals surface area contributed by atoms with Crippen molar-refractivity contribution in [2.24, 2.45) is 0 Å². The highest BCUT2D eigenvalue weighted by Gasteiger charge is 2.23. The molecule has 1 N–H and O–H groups in total. The summed E-state index contributed by atoms with van der Waals surface area (Å²) in [6.45, 7) is 4.78. The van der Waals surface area contributed by atoms with Crippen LogP contribution in [0.4, 0.5) is 4.39 Å². The molecule has 1 amide bonds. The van der Waals surface area contributed by atoms with Crippen LogP contribution in [0.3, 0.4) is 0 Å². The third-order valence-corrected chi connectivity index (χ3v) is 3.86. The van der Waals surface area contributed by atoms with E-state index in [1.807, 2.05) is 28.7 Å². The Kier molecular flexibility index (Phi) is 3.44. The zero-order chi connectivity index (χ0) is 14.1. The fraction of sp³-hybridized carbons (Fsp3) is 0.400. The van der Waals surface area contributed by atoms with Crippen LogP contribution in [0.2, 0.25) is 0 Å². The van der Waals surface area contributed by atoms with Gasteiger partial charge in [-0.15, -0.1) is 0 Å². The van der Waals surface area contributed by atoms with Gasteiger partial charge in [-0.25, -0.2) is 4.39 Å². The Morgan fingerprint density at radius 3 is 3.10 bits per heavy atom. The lowest BCUT2D eigenvalue weighted by Crippen LogP contribution is -2.53. The van der Waals surface area contributed by atoms with Gasteiger partial charge in [-0.2, -0.15) is 0 Å². The second-order valence-electron chi connectivity index (χ2n) is 5.29. The topological polar surface area (TPSA) is 37.3 Å². The van der Waals surface area contributed by atoms with Crippen molar-refractivity contribution in [3.05, 3.63) is 36.3 Å². The van der Waals surface area contributed by atoms with E-state index in [1.165, 1.54) is 12.1 Å². The first kappa shape index (κ1) is 13.1. The third kappa shape index (κ3) is 2.41. The molecule has 20 heavy (non-hydrogen) atoms. The van der Waals surface area contributed by atoms with Gasteiger partial charge in [0.25, 0.3) is 0 Å². The monoisotopic (exact) mass is 275 g/mol. The first-order chi connectivity index (χ1) is 9.65. The van der Waals surface area contributed by atoms with E-state index >= 15 is 0 Å². The summed E-state index contributed by atoms with van der Waals surface area (Å²) < 4.78 is 15.0. The Hall–Kier alpha value is -1.88. The molecule has 5 heteroatoms. The van der Waals surface area contributed by atoms with Gasteiger partial charge in [0.2, 0.25) is 5.91 Å². The van der Waals surface area contributed by atoms with Crippen molar-refractivity contribution in [1.29, 1.82) is 0 Å². The van der Waals surface area contributed by atoms with Crippen LogP contribution in [-0.2, 0) is 11.3 Å². The summed E-state index contributed by atoms with van der Waals surface area (Å²) in [6.07, 6.45) is 1.84. The summed E-state index contributed by atoms with van der Waals surface area (Å²) in [5.41, 5.74) is 0.891. The second kappa shape index (κ2) is 5.25. The van der Waals surface area contributed by atoms with Crippen molar-refractivity contribution in [2.75, 3.05) is 19.6 Å². The summed E-state index contributed by atoms with van der Waals surface area (Å²) in [5, 5.41) is 4.10. The quantitative estimate of drug-likeness (QED) is 0.904. The van der Waals surface area contributed by atoms with Crippen molar-refractivity contribution in [3.8, 4) is 0 Å². The first-order valence-electron chi connectivity index (χ1n) is 6.90. The van der Waals surface area contributed by atoms with Crippen molar-refractivity contribution >= 4 is 16.8 Å². The fourth-order valence-electron chi connectivity index (χ4n) is 2.76. The molecule has 106 valence electrons. The molecule has 0 bridgehead atoms. The van der Waals surface area contributed by atoms with Crippen LogP contribution in [0.5, 0.6) is 0 Å². The molecule has 1 aliphatic rings. The molecule has 0 spiro atoms. The number of nitrogens with one attached hydrogen (secondary N) is 1. The number of rotatable bonds is 2. The van der Waals surface area contributed by atoms with Gasteiger partial charge in [0, 0.05) is 42.8 Å². The van der Waals surface area contributed by atoms with Gasteiger partial charge in [0.15, 0.2) is 0 Å². The number of amides is 1. The molecular formula is C15H18FN3O. The molecule has 1 aromatic carbocycles. The average molecular weight is 275 g/mol. The Morgan fingerprint density at radius 2 is 2.30 bits per heavy atom. The molecule has 1 aliphatic heterocycles. The van der Waals surface area contributed by atoms with Crippen LogP contribution >= 0.6 is 0 Å². The molecular weight excluding hydrogens is 257 g/mol. The number of carbonyl (C=O) groups excluding carboxylic acids is 1. The highest BCUT2D eigenvalue weighted by molar-refractivity contribution is 5.83. The van der Waals surface area contributed by atoms with Gasteiger partial charge < -0.3 is 14.8 Å². The lowest BCUT2D eigenvalue weighted by atomic mass is 10.2. The van der Waals surface area contributed by atoms with Gasteiger partial charge >= 0.3 is 0 Å². The fourth-order valence-corrected chi connectivity index (χ4v) is 2.76. The normalized spacial score (nSPS) is 19.5. The summed E-state index contributed by atoms with van der Waals surface area (Å²) in [7, 11) is 0. The number of piperazine rings is 1. The molecule has 1 saturated heterocycles. The number of fused-ring (bicyclic) bond motifs is 1. The Morgan fingerprint density at radius 1 is 1.45 bits per heavy atom. The van der Waals surface area contributed by atoms with Crippen LogP contribution < -0.4 is 5.32 Å². The molecule has 4 nitrogen and oxygen atoms in total. The molecule has 2 heterocycles. The Bertz CT molecular complexity index is 637. The minimum Gasteiger partial charge on any atom is -0.338 e. The molecule has 0 aliphatic carbocycles. The zero-order valence-electron chi connectivity index (χ0n) is 11.5. The first-order valence-corrected chi connectivity index (χ1v) is 6.90. The second-order valence-corrected chi connectivity index (χ2v) is 5.29. The van der Waals surface area contributed by atoms with Gasteiger partial charge in [-0.05, 0) is 31.2 Å². The summed E-state index contributed by atoms with van der Waals surface area (Å²) in [5.74, 6) is -0.141. The molecule has 1 atom stereocenters. The van der Waals surface area contributed by atoms with E-state index in [9.17, 15) is 9.18 Å². The van der Waals surface area contributed by atoms with E-state index in [-0.39, 0.29) is 17.8 Å². The van der Waals surface area contributed by atoms with Crippen LogP contribution in [-0.4, -0.2) is 41.1 Å². The lowest BCUT2D eigenvalue weighted by Gasteiger charge is -2.34. The third-order valence-electron chi connectivity index (χ3n) is 3.86. The van der Waals surface area contributed by atoms with Crippen molar-refractivity contribution in [1.82, 2.24) is 14.8 Å². The number of nitrogens with zero attached hydrogens (tertiary/aromatic N) is 2. The molecule has 3 rings (SSSR count). The summed E-state index contributed by atoms with van der Waals surface area (Å²) in [4.78, 5) is 14.3. The van der Waals surface area contributed by atoms with Crippen molar-refractivity contribution < 1.29 is 9.18 Å². The highest BCUT2D eigenvalue weighted by atomic mass is 19.1. The van der Waals surface area contributed by atoms with Gasteiger partial charge in [0.1, 0.15) is 12.4 Å². The number of hydrogen-bond donors (Lipinski definition) is 1. The van der Waals surface area contributed by atoms with Crippen LogP contribution in [0.1, 0.15) is 6.92 Å². The van der Waals surface area contributed by atoms with E-state index in [0.29, 0.717) is 6.54 Å². The average Bonchev–Trinajstić information content (AvgIpc) is 2.81. The maximum atomic E-state index is 13.2. The Balaban J connectivity index is 1.80. The Labute approximate surface area is 117 Å². The van der Waals surface area contributed by atoms with Crippen LogP contribution in [0, 0.1) is 5.82 Å². The molecule has 1 unspecified atom stereocenters. The van der Waals surface area contributed by atoms with Crippen molar-refractivity contribution in [2.45, 2.75) is 19.5 Å². The smallest absolute Gasteiger partial charge is 0.242 e. The zero-order valence-corrected chi connectivity index (χ0v) is 11.5. The predicted molar refractivity (Wildman–Crippen MR) is 75.9 cm³/mol. The van der Waals surface area contributed by atoms with Gasteiger partial charge in [-0.3, -0.25) is 4.79 Å². The summed E-state index contributed by atoms with van der Waals surface area (Å²) >= 11 is 0. The molecule has 2 aromatic rings. The molecule has 0 saturated carbocycles. The summed E-state index contributed by atoms with van der Waals surface area (Å²) in [6, 6.07) is 6.70. The number of halogens is 1. The maximum Gasteiger partial charge on any atom is 0.242 e. The molecule has 1 aromatic heterocycles.